The SMILES string of the molecule is c1ccc(-c2cc(-c3ccccc3)nc(-c3cc(-c4ccccc4)c(-n4c5ccccc5c5ccc6c7ccccc7oc6c54)c(-c4ccccc4)c3)n2)cc1. The maximum Gasteiger partial charge on any atom is 0.160 e. The lowest BCUT2D eigenvalue weighted by atomic mass is 9.92. The number of fused-ring (bicyclic) bond motifs is 7. The van der Waals surface area contributed by atoms with E-state index in [4.69, 9.17) is 14.4 Å². The Bertz CT molecular complexity index is 3100. The minimum absolute atomic E-state index is 0.660. The van der Waals surface area contributed by atoms with Crippen LogP contribution in [0, 0.1) is 0 Å². The minimum atomic E-state index is 0.660. The minimum Gasteiger partial charge on any atom is -0.454 e. The Kier molecular flexibility index (Phi) is 7.46. The summed E-state index contributed by atoms with van der Waals surface area (Å²) in [5.74, 6) is 0.660. The zero-order chi connectivity index (χ0) is 37.0. The Hall–Kier alpha value is -7.56. The maximum absolute atomic E-state index is 6.81. The van der Waals surface area contributed by atoms with E-state index in [1.807, 2.05) is 18.2 Å². The van der Waals surface area contributed by atoms with E-state index in [1.54, 1.807) is 0 Å². The van der Waals surface area contributed by atoms with Crippen molar-refractivity contribution >= 4 is 43.7 Å². The summed E-state index contributed by atoms with van der Waals surface area (Å²) in [6.07, 6.45) is 0. The van der Waals surface area contributed by atoms with Gasteiger partial charge in [0.15, 0.2) is 11.4 Å². The molecule has 0 unspecified atom stereocenters. The average molecular weight is 716 g/mol. The molecular formula is C52H33N3O. The van der Waals surface area contributed by atoms with Crippen LogP contribution in [-0.4, -0.2) is 14.5 Å². The molecule has 3 heterocycles. The summed E-state index contributed by atoms with van der Waals surface area (Å²) in [5.41, 5.74) is 14.0. The molecule has 0 saturated heterocycles. The molecule has 11 rings (SSSR count). The largest absolute Gasteiger partial charge is 0.454 e. The second-order valence-electron chi connectivity index (χ2n) is 14.1. The van der Waals surface area contributed by atoms with Gasteiger partial charge in [-0.25, -0.2) is 9.97 Å². The van der Waals surface area contributed by atoms with Crippen LogP contribution in [0.2, 0.25) is 0 Å². The molecule has 0 aliphatic rings. The lowest BCUT2D eigenvalue weighted by Gasteiger charge is -2.21. The van der Waals surface area contributed by atoms with Gasteiger partial charge in [0.2, 0.25) is 0 Å². The third-order valence-electron chi connectivity index (χ3n) is 10.8. The van der Waals surface area contributed by atoms with E-state index in [0.29, 0.717) is 5.82 Å². The molecule has 56 heavy (non-hydrogen) atoms. The number of furan rings is 1. The first-order valence-electron chi connectivity index (χ1n) is 18.9. The second-order valence-corrected chi connectivity index (χ2v) is 14.1. The summed E-state index contributed by atoms with van der Waals surface area (Å²) >= 11 is 0. The summed E-state index contributed by atoms with van der Waals surface area (Å²) < 4.78 is 9.24. The molecule has 0 atom stereocenters. The van der Waals surface area contributed by atoms with Gasteiger partial charge < -0.3 is 8.98 Å². The van der Waals surface area contributed by atoms with Crippen molar-refractivity contribution in [3.8, 4) is 61.8 Å². The second kappa shape index (κ2) is 13.1. The molecule has 11 aromatic rings. The van der Waals surface area contributed by atoms with E-state index in [2.05, 4.69) is 187 Å². The van der Waals surface area contributed by atoms with Crippen LogP contribution in [0.3, 0.4) is 0 Å². The smallest absolute Gasteiger partial charge is 0.160 e. The van der Waals surface area contributed by atoms with Crippen LogP contribution < -0.4 is 0 Å². The Morgan fingerprint density at radius 1 is 0.375 bits per heavy atom. The van der Waals surface area contributed by atoms with Gasteiger partial charge in [-0.15, -0.1) is 0 Å². The quantitative estimate of drug-likeness (QED) is 0.172. The van der Waals surface area contributed by atoms with Crippen LogP contribution in [0.25, 0.3) is 106 Å². The topological polar surface area (TPSA) is 43.9 Å². The molecule has 0 fully saturated rings. The Labute approximate surface area is 323 Å². The molecule has 0 spiro atoms. The molecule has 4 heteroatoms. The number of hydrogen-bond donors (Lipinski definition) is 0. The Morgan fingerprint density at radius 2 is 0.857 bits per heavy atom. The molecule has 262 valence electrons. The van der Waals surface area contributed by atoms with Gasteiger partial charge in [-0.05, 0) is 47.5 Å². The standard InChI is InChI=1S/C52H33N3O/c1-5-17-34(18-6-1)43-31-38(52-53-45(36-21-9-3-10-22-36)33-46(54-52)37-23-11-4-12-24-37)32-44(35-19-7-2-8-20-35)49(43)55-47-27-15-13-25-39(47)41-29-30-42-40-26-14-16-28-48(40)56-51(42)50(41)55/h1-33H. The van der Waals surface area contributed by atoms with E-state index >= 15 is 0 Å². The molecule has 0 saturated carbocycles. The molecule has 0 radical (unpaired) electrons. The zero-order valence-corrected chi connectivity index (χ0v) is 30.3. The molecule has 0 N–H and O–H groups in total. The van der Waals surface area contributed by atoms with Crippen molar-refractivity contribution in [3.05, 3.63) is 200 Å². The highest BCUT2D eigenvalue weighted by molar-refractivity contribution is 6.22. The van der Waals surface area contributed by atoms with Crippen molar-refractivity contribution in [3.63, 3.8) is 0 Å². The van der Waals surface area contributed by atoms with Gasteiger partial charge in [0.05, 0.1) is 28.1 Å². The van der Waals surface area contributed by atoms with Crippen molar-refractivity contribution in [2.75, 3.05) is 0 Å². The van der Waals surface area contributed by atoms with Crippen LogP contribution in [0.5, 0.6) is 0 Å². The third kappa shape index (κ3) is 5.23. The molecule has 3 aromatic heterocycles. The highest BCUT2D eigenvalue weighted by Gasteiger charge is 2.25. The number of hydrogen-bond acceptors (Lipinski definition) is 3. The molecular weight excluding hydrogens is 683 g/mol. The van der Waals surface area contributed by atoms with Crippen molar-refractivity contribution in [2.45, 2.75) is 0 Å². The van der Waals surface area contributed by atoms with E-state index in [0.717, 1.165) is 94.4 Å². The predicted molar refractivity (Wildman–Crippen MR) is 231 cm³/mol. The number of benzene rings is 8. The number of para-hydroxylation sites is 2. The lowest BCUT2D eigenvalue weighted by molar-refractivity contribution is 0.671. The number of nitrogens with zero attached hydrogens (tertiary/aromatic N) is 3. The first-order chi connectivity index (χ1) is 27.8. The van der Waals surface area contributed by atoms with E-state index in [1.165, 1.54) is 5.39 Å². The van der Waals surface area contributed by atoms with Crippen LogP contribution >= 0.6 is 0 Å². The fourth-order valence-electron chi connectivity index (χ4n) is 8.23. The van der Waals surface area contributed by atoms with Gasteiger partial charge in [0.1, 0.15) is 5.58 Å². The van der Waals surface area contributed by atoms with Gasteiger partial charge in [-0.2, -0.15) is 0 Å². The summed E-state index contributed by atoms with van der Waals surface area (Å²) in [7, 11) is 0. The third-order valence-corrected chi connectivity index (χ3v) is 10.8. The summed E-state index contributed by atoms with van der Waals surface area (Å²) in [6, 6.07) is 70.2. The Balaban J connectivity index is 1.29. The molecule has 8 aromatic carbocycles. The number of aromatic nitrogens is 3. The van der Waals surface area contributed by atoms with Crippen molar-refractivity contribution in [1.29, 1.82) is 0 Å². The highest BCUT2D eigenvalue weighted by Crippen LogP contribution is 2.46. The molecule has 0 amide bonds. The average Bonchev–Trinajstić information content (AvgIpc) is 3.83. The van der Waals surface area contributed by atoms with Crippen LogP contribution in [0.15, 0.2) is 205 Å². The highest BCUT2D eigenvalue weighted by atomic mass is 16.3. The molecule has 0 aliphatic carbocycles. The van der Waals surface area contributed by atoms with Crippen molar-refractivity contribution < 1.29 is 4.42 Å². The van der Waals surface area contributed by atoms with E-state index in [9.17, 15) is 0 Å². The molecule has 0 aliphatic heterocycles. The summed E-state index contributed by atoms with van der Waals surface area (Å²) in [6.45, 7) is 0. The first kappa shape index (κ1) is 31.9. The van der Waals surface area contributed by atoms with Gasteiger partial charge in [-0.1, -0.05) is 164 Å². The van der Waals surface area contributed by atoms with Gasteiger partial charge in [0, 0.05) is 49.4 Å². The molecule has 4 nitrogen and oxygen atoms in total. The maximum atomic E-state index is 6.81. The van der Waals surface area contributed by atoms with Crippen LogP contribution in [-0.2, 0) is 0 Å². The Morgan fingerprint density at radius 3 is 1.45 bits per heavy atom. The van der Waals surface area contributed by atoms with Gasteiger partial charge in [0.25, 0.3) is 0 Å². The monoisotopic (exact) mass is 715 g/mol. The lowest BCUT2D eigenvalue weighted by Crippen LogP contribution is -2.03. The predicted octanol–water partition coefficient (Wildman–Crippen LogP) is 13.8. The molecule has 0 bridgehead atoms. The van der Waals surface area contributed by atoms with Crippen molar-refractivity contribution in [2.24, 2.45) is 0 Å². The number of rotatable bonds is 6. The zero-order valence-electron chi connectivity index (χ0n) is 30.3. The van der Waals surface area contributed by atoms with Crippen LogP contribution in [0.1, 0.15) is 0 Å². The van der Waals surface area contributed by atoms with Crippen molar-refractivity contribution in [1.82, 2.24) is 14.5 Å². The van der Waals surface area contributed by atoms with E-state index < -0.39 is 0 Å². The van der Waals surface area contributed by atoms with Crippen LogP contribution in [0.4, 0.5) is 0 Å². The first-order valence-corrected chi connectivity index (χ1v) is 18.9. The summed E-state index contributed by atoms with van der Waals surface area (Å²) in [5, 5.41) is 4.50. The fraction of sp³-hybridized carbons (Fsp3) is 0. The fourth-order valence-corrected chi connectivity index (χ4v) is 8.23. The van der Waals surface area contributed by atoms with Gasteiger partial charge in [-0.3, -0.25) is 0 Å². The van der Waals surface area contributed by atoms with Gasteiger partial charge >= 0.3 is 0 Å². The van der Waals surface area contributed by atoms with E-state index in [-0.39, 0.29) is 0 Å². The summed E-state index contributed by atoms with van der Waals surface area (Å²) in [4.78, 5) is 10.6. The normalized spacial score (nSPS) is 11.6.